The van der Waals surface area contributed by atoms with Crippen molar-refractivity contribution in [3.05, 3.63) is 63.6 Å². The van der Waals surface area contributed by atoms with E-state index in [1.165, 1.54) is 18.2 Å². The topological polar surface area (TPSA) is 79.2 Å². The number of halogens is 3. The molecule has 2 aromatic rings. The molecular weight excluding hydrogens is 386 g/mol. The molecule has 24 heavy (non-hydrogen) atoms. The molecule has 122 valence electrons. The molecule has 0 aromatic heterocycles. The molecule has 0 unspecified atom stereocenters. The Labute approximate surface area is 144 Å². The first-order valence-electron chi connectivity index (χ1n) is 6.52. The maximum Gasteiger partial charge on any atom is 0.341 e. The number of nitrogens with zero attached hydrogens (tertiary/aromatic N) is 1. The van der Waals surface area contributed by atoms with Gasteiger partial charge in [0.2, 0.25) is 0 Å². The van der Waals surface area contributed by atoms with Gasteiger partial charge in [0, 0.05) is 4.47 Å². The van der Waals surface area contributed by atoms with Crippen LogP contribution in [0.25, 0.3) is 0 Å². The number of hydrogen-bond acceptors (Lipinski definition) is 4. The highest BCUT2D eigenvalue weighted by molar-refractivity contribution is 9.10. The molecule has 1 amide bonds. The Morgan fingerprint density at radius 3 is 2.54 bits per heavy atom. The van der Waals surface area contributed by atoms with Crippen molar-refractivity contribution in [2.75, 3.05) is 11.9 Å². The first kappa shape index (κ1) is 17.6. The van der Waals surface area contributed by atoms with Crippen molar-refractivity contribution >= 4 is 33.5 Å². The van der Waals surface area contributed by atoms with Gasteiger partial charge in [0.25, 0.3) is 5.91 Å². The quantitative estimate of drug-likeness (QED) is 0.805. The van der Waals surface area contributed by atoms with Crippen LogP contribution in [0.1, 0.15) is 15.9 Å². The lowest BCUT2D eigenvalue weighted by Crippen LogP contribution is -2.21. The molecule has 5 nitrogen and oxygen atoms in total. The van der Waals surface area contributed by atoms with E-state index in [1.54, 1.807) is 6.07 Å². The summed E-state index contributed by atoms with van der Waals surface area (Å²) in [4.78, 5) is 23.4. The van der Waals surface area contributed by atoms with Crippen LogP contribution in [0.3, 0.4) is 0 Å². The van der Waals surface area contributed by atoms with Crippen molar-refractivity contribution in [2.24, 2.45) is 0 Å². The van der Waals surface area contributed by atoms with Gasteiger partial charge in [-0.15, -0.1) is 0 Å². The standard InChI is InChI=1S/C16H9BrF2N2O3/c17-10-2-4-14(13(19)6-10)21-15(22)8-24-16(23)11-3-1-9(7-20)5-12(11)18/h1-6H,8H2,(H,21,22). The van der Waals surface area contributed by atoms with Crippen molar-refractivity contribution in [2.45, 2.75) is 0 Å². The molecule has 0 aliphatic rings. The number of carbonyl (C=O) groups is 2. The Bertz CT molecular complexity index is 850. The zero-order valence-electron chi connectivity index (χ0n) is 12.0. The lowest BCUT2D eigenvalue weighted by atomic mass is 10.1. The van der Waals surface area contributed by atoms with Crippen molar-refractivity contribution < 1.29 is 23.1 Å². The maximum absolute atomic E-state index is 13.6. The Kier molecular flexibility index (Phi) is 5.60. The minimum atomic E-state index is -1.07. The van der Waals surface area contributed by atoms with Crippen molar-refractivity contribution in [3.63, 3.8) is 0 Å². The van der Waals surface area contributed by atoms with Gasteiger partial charge in [0.15, 0.2) is 6.61 Å². The molecule has 0 bridgehead atoms. The number of ether oxygens (including phenoxy) is 1. The molecule has 0 saturated heterocycles. The number of hydrogen-bond donors (Lipinski definition) is 1. The average Bonchev–Trinajstić information content (AvgIpc) is 2.55. The van der Waals surface area contributed by atoms with Crippen LogP contribution < -0.4 is 5.32 Å². The van der Waals surface area contributed by atoms with Crippen LogP contribution in [0.4, 0.5) is 14.5 Å². The average molecular weight is 395 g/mol. The Morgan fingerprint density at radius 1 is 1.17 bits per heavy atom. The van der Waals surface area contributed by atoms with Gasteiger partial charge in [0.1, 0.15) is 11.6 Å². The second kappa shape index (κ2) is 7.66. The third-order valence-electron chi connectivity index (χ3n) is 2.86. The summed E-state index contributed by atoms with van der Waals surface area (Å²) in [6, 6.07) is 8.96. The molecule has 0 heterocycles. The van der Waals surface area contributed by atoms with Crippen LogP contribution in [-0.4, -0.2) is 18.5 Å². The molecular formula is C16H9BrF2N2O3. The monoisotopic (exact) mass is 394 g/mol. The Hall–Kier alpha value is -2.79. The van der Waals surface area contributed by atoms with Crippen molar-refractivity contribution in [1.29, 1.82) is 5.26 Å². The summed E-state index contributed by atoms with van der Waals surface area (Å²) in [5, 5.41) is 10.9. The summed E-state index contributed by atoms with van der Waals surface area (Å²) >= 11 is 3.08. The fraction of sp³-hybridized carbons (Fsp3) is 0.0625. The van der Waals surface area contributed by atoms with Crippen molar-refractivity contribution in [1.82, 2.24) is 0 Å². The van der Waals surface area contributed by atoms with Crippen LogP contribution in [-0.2, 0) is 9.53 Å². The molecule has 0 saturated carbocycles. The first-order chi connectivity index (χ1) is 11.4. The lowest BCUT2D eigenvalue weighted by Gasteiger charge is -2.08. The summed E-state index contributed by atoms with van der Waals surface area (Å²) in [6.07, 6.45) is 0. The minimum absolute atomic E-state index is 0.0486. The van der Waals surface area contributed by atoms with E-state index in [0.29, 0.717) is 4.47 Å². The number of anilines is 1. The number of esters is 1. The van der Waals surface area contributed by atoms with E-state index in [0.717, 1.165) is 18.2 Å². The predicted octanol–water partition coefficient (Wildman–Crippen LogP) is 3.39. The zero-order valence-corrected chi connectivity index (χ0v) is 13.6. The van der Waals surface area contributed by atoms with E-state index in [2.05, 4.69) is 26.0 Å². The minimum Gasteiger partial charge on any atom is -0.452 e. The molecule has 0 radical (unpaired) electrons. The number of nitrogens with one attached hydrogen (secondary N) is 1. The van der Waals surface area contributed by atoms with Crippen molar-refractivity contribution in [3.8, 4) is 6.07 Å². The molecule has 0 aliphatic carbocycles. The number of amides is 1. The van der Waals surface area contributed by atoms with Gasteiger partial charge < -0.3 is 10.1 Å². The van der Waals surface area contributed by atoms with E-state index in [1.807, 2.05) is 0 Å². The van der Waals surface area contributed by atoms with Gasteiger partial charge in [-0.1, -0.05) is 15.9 Å². The Balaban J connectivity index is 1.96. The normalized spacial score (nSPS) is 9.92. The molecule has 0 atom stereocenters. The van der Waals surface area contributed by atoms with E-state index in [4.69, 9.17) is 5.26 Å². The van der Waals surface area contributed by atoms with E-state index in [-0.39, 0.29) is 11.3 Å². The summed E-state index contributed by atoms with van der Waals surface area (Å²) in [5.41, 5.74) is -0.437. The molecule has 2 rings (SSSR count). The summed E-state index contributed by atoms with van der Waals surface area (Å²) in [5.74, 6) is -3.44. The molecule has 0 spiro atoms. The van der Waals surface area contributed by atoms with Gasteiger partial charge >= 0.3 is 5.97 Å². The highest BCUT2D eigenvalue weighted by Crippen LogP contribution is 2.19. The van der Waals surface area contributed by atoms with Crippen LogP contribution in [0, 0.1) is 23.0 Å². The van der Waals surface area contributed by atoms with E-state index >= 15 is 0 Å². The molecule has 0 fully saturated rings. The smallest absolute Gasteiger partial charge is 0.341 e. The molecule has 2 aromatic carbocycles. The van der Waals surface area contributed by atoms with Crippen LogP contribution in [0.5, 0.6) is 0 Å². The third-order valence-corrected chi connectivity index (χ3v) is 3.35. The van der Waals surface area contributed by atoms with Crippen LogP contribution in [0.15, 0.2) is 40.9 Å². The molecule has 0 aliphatic heterocycles. The predicted molar refractivity (Wildman–Crippen MR) is 84.1 cm³/mol. The fourth-order valence-corrected chi connectivity index (χ4v) is 2.07. The first-order valence-corrected chi connectivity index (χ1v) is 7.31. The van der Waals surface area contributed by atoms with Gasteiger partial charge in [-0.25, -0.2) is 13.6 Å². The van der Waals surface area contributed by atoms with Gasteiger partial charge in [0.05, 0.1) is 22.9 Å². The van der Waals surface area contributed by atoms with Gasteiger partial charge in [-0.05, 0) is 36.4 Å². The van der Waals surface area contributed by atoms with E-state index in [9.17, 15) is 18.4 Å². The summed E-state index contributed by atoms with van der Waals surface area (Å²) in [7, 11) is 0. The SMILES string of the molecule is N#Cc1ccc(C(=O)OCC(=O)Nc2ccc(Br)cc2F)c(F)c1. The summed E-state index contributed by atoms with van der Waals surface area (Å²) < 4.78 is 32.4. The highest BCUT2D eigenvalue weighted by Gasteiger charge is 2.16. The highest BCUT2D eigenvalue weighted by atomic mass is 79.9. The molecule has 8 heteroatoms. The maximum atomic E-state index is 13.6. The van der Waals surface area contributed by atoms with Gasteiger partial charge in [-0.3, -0.25) is 4.79 Å². The second-order valence-electron chi connectivity index (χ2n) is 4.55. The zero-order chi connectivity index (χ0) is 17.7. The van der Waals surface area contributed by atoms with Crippen LogP contribution in [0.2, 0.25) is 0 Å². The number of nitriles is 1. The fourth-order valence-electron chi connectivity index (χ4n) is 1.74. The third kappa shape index (κ3) is 4.36. The number of benzene rings is 2. The second-order valence-corrected chi connectivity index (χ2v) is 5.47. The number of carbonyl (C=O) groups excluding carboxylic acids is 2. The Morgan fingerprint density at radius 2 is 1.92 bits per heavy atom. The molecule has 1 N–H and O–H groups in total. The summed E-state index contributed by atoms with van der Waals surface area (Å²) in [6.45, 7) is -0.715. The van der Waals surface area contributed by atoms with Crippen LogP contribution >= 0.6 is 15.9 Å². The lowest BCUT2D eigenvalue weighted by molar-refractivity contribution is -0.119. The largest absolute Gasteiger partial charge is 0.452 e. The van der Waals surface area contributed by atoms with E-state index < -0.39 is 35.7 Å². The number of rotatable bonds is 4. The van der Waals surface area contributed by atoms with Gasteiger partial charge in [-0.2, -0.15) is 5.26 Å².